The summed E-state index contributed by atoms with van der Waals surface area (Å²) >= 11 is 5.23. The van der Waals surface area contributed by atoms with E-state index in [1.54, 1.807) is 52.9 Å². The molecule has 0 bridgehead atoms. The molecule has 26 heavy (non-hydrogen) atoms. The highest BCUT2D eigenvalue weighted by Crippen LogP contribution is 2.29. The molecule has 2 aromatic rings. The predicted molar refractivity (Wildman–Crippen MR) is 106 cm³/mol. The Balaban J connectivity index is 1.99. The zero-order valence-electron chi connectivity index (χ0n) is 15.0. The molecule has 2 aromatic carbocycles. The van der Waals surface area contributed by atoms with Gasteiger partial charge in [-0.15, -0.1) is 0 Å². The fourth-order valence-electron chi connectivity index (χ4n) is 2.16. The summed E-state index contributed by atoms with van der Waals surface area (Å²) in [4.78, 5) is 0. The molecule has 0 amide bonds. The minimum Gasteiger partial charge on any atom is -0.497 e. The number of ether oxygens (including phenoxy) is 4. The van der Waals surface area contributed by atoms with E-state index in [4.69, 9.17) is 31.2 Å². The molecule has 0 aromatic heterocycles. The van der Waals surface area contributed by atoms with Crippen LogP contribution in [0.15, 0.2) is 41.5 Å². The van der Waals surface area contributed by atoms with Gasteiger partial charge in [-0.3, -0.25) is 5.43 Å². The first-order valence-electron chi connectivity index (χ1n) is 7.65. The van der Waals surface area contributed by atoms with Crippen LogP contribution in [0.3, 0.4) is 0 Å². The molecule has 138 valence electrons. The van der Waals surface area contributed by atoms with Gasteiger partial charge in [0.15, 0.2) is 16.6 Å². The molecule has 0 spiro atoms. The topological polar surface area (TPSA) is 73.3 Å². The van der Waals surface area contributed by atoms with Crippen LogP contribution < -0.4 is 29.7 Å². The maximum Gasteiger partial charge on any atom is 0.191 e. The van der Waals surface area contributed by atoms with Crippen molar-refractivity contribution in [3.05, 3.63) is 42.0 Å². The van der Waals surface area contributed by atoms with Gasteiger partial charge >= 0.3 is 0 Å². The average molecular weight is 375 g/mol. The van der Waals surface area contributed by atoms with E-state index >= 15 is 0 Å². The standard InChI is InChI=1S/C18H21N3O4S/c1-22-14-7-5-12(16(10-14)24-3)11-19-21-18(26)20-13-6-8-15(23-2)17(9-13)25-4/h5-11H,1-4H3,(H2,20,21,26). The minimum atomic E-state index is 0.334. The van der Waals surface area contributed by atoms with Crippen molar-refractivity contribution in [1.29, 1.82) is 0 Å². The number of hydrogen-bond acceptors (Lipinski definition) is 6. The van der Waals surface area contributed by atoms with E-state index in [1.807, 2.05) is 18.2 Å². The summed E-state index contributed by atoms with van der Waals surface area (Å²) in [7, 11) is 6.34. The number of methoxy groups -OCH3 is 4. The minimum absolute atomic E-state index is 0.334. The fraction of sp³-hybridized carbons (Fsp3) is 0.222. The van der Waals surface area contributed by atoms with Crippen molar-refractivity contribution in [2.75, 3.05) is 33.8 Å². The summed E-state index contributed by atoms with van der Waals surface area (Å²) in [6.45, 7) is 0. The van der Waals surface area contributed by atoms with Crippen LogP contribution in [-0.2, 0) is 0 Å². The molecule has 0 atom stereocenters. The normalized spacial score (nSPS) is 10.3. The van der Waals surface area contributed by atoms with Crippen molar-refractivity contribution >= 4 is 29.2 Å². The van der Waals surface area contributed by atoms with Crippen molar-refractivity contribution in [3.8, 4) is 23.0 Å². The van der Waals surface area contributed by atoms with Gasteiger partial charge in [0, 0.05) is 23.4 Å². The van der Waals surface area contributed by atoms with E-state index in [-0.39, 0.29) is 0 Å². The Morgan fingerprint density at radius 1 is 0.885 bits per heavy atom. The number of rotatable bonds is 7. The van der Waals surface area contributed by atoms with E-state index < -0.39 is 0 Å². The first-order valence-corrected chi connectivity index (χ1v) is 8.06. The third kappa shape index (κ3) is 5.00. The third-order valence-electron chi connectivity index (χ3n) is 3.45. The second-order valence-corrected chi connectivity index (χ2v) is 5.41. The molecule has 2 rings (SSSR count). The smallest absolute Gasteiger partial charge is 0.191 e. The Kier molecular flexibility index (Phi) is 7.04. The molecule has 0 aliphatic heterocycles. The van der Waals surface area contributed by atoms with E-state index in [9.17, 15) is 0 Å². The van der Waals surface area contributed by atoms with Gasteiger partial charge in [0.25, 0.3) is 0 Å². The van der Waals surface area contributed by atoms with Crippen LogP contribution in [0, 0.1) is 0 Å². The van der Waals surface area contributed by atoms with E-state index in [0.29, 0.717) is 28.1 Å². The lowest BCUT2D eigenvalue weighted by Crippen LogP contribution is -2.23. The molecule has 8 heteroatoms. The molecule has 7 nitrogen and oxygen atoms in total. The quantitative estimate of drug-likeness (QED) is 0.438. The first-order chi connectivity index (χ1) is 12.6. The molecule has 0 radical (unpaired) electrons. The number of hydrogen-bond donors (Lipinski definition) is 2. The van der Waals surface area contributed by atoms with Crippen molar-refractivity contribution in [3.63, 3.8) is 0 Å². The maximum absolute atomic E-state index is 5.32. The van der Waals surface area contributed by atoms with Gasteiger partial charge in [-0.05, 0) is 36.5 Å². The Bertz CT molecular complexity index is 796. The number of benzene rings is 2. The van der Waals surface area contributed by atoms with Crippen LogP contribution in [0.2, 0.25) is 0 Å². The lowest BCUT2D eigenvalue weighted by Gasteiger charge is -2.11. The highest BCUT2D eigenvalue weighted by molar-refractivity contribution is 7.80. The molecule has 0 aliphatic rings. The van der Waals surface area contributed by atoms with Crippen molar-refractivity contribution in [2.45, 2.75) is 0 Å². The number of anilines is 1. The van der Waals surface area contributed by atoms with Crippen molar-refractivity contribution in [2.24, 2.45) is 5.10 Å². The fourth-order valence-corrected chi connectivity index (χ4v) is 2.33. The van der Waals surface area contributed by atoms with Crippen molar-refractivity contribution < 1.29 is 18.9 Å². The SMILES string of the molecule is COc1ccc(C=NNC(=S)Nc2ccc(OC)c(OC)c2)c(OC)c1. The Labute approximate surface area is 157 Å². The summed E-state index contributed by atoms with van der Waals surface area (Å²) in [6, 6.07) is 10.8. The average Bonchev–Trinajstić information content (AvgIpc) is 2.67. The van der Waals surface area contributed by atoms with Crippen LogP contribution in [-0.4, -0.2) is 39.8 Å². The highest BCUT2D eigenvalue weighted by atomic mass is 32.1. The molecule has 0 saturated carbocycles. The van der Waals surface area contributed by atoms with Gasteiger partial charge in [0.1, 0.15) is 11.5 Å². The highest BCUT2D eigenvalue weighted by Gasteiger charge is 2.06. The molecule has 0 fully saturated rings. The van der Waals surface area contributed by atoms with Gasteiger partial charge in [0.2, 0.25) is 0 Å². The molecular weight excluding hydrogens is 354 g/mol. The van der Waals surface area contributed by atoms with Crippen LogP contribution in [0.25, 0.3) is 0 Å². The lowest BCUT2D eigenvalue weighted by molar-refractivity contribution is 0.355. The number of nitrogens with one attached hydrogen (secondary N) is 2. The molecule has 2 N–H and O–H groups in total. The lowest BCUT2D eigenvalue weighted by atomic mass is 10.2. The summed E-state index contributed by atoms with van der Waals surface area (Å²) in [5, 5.41) is 7.48. The zero-order chi connectivity index (χ0) is 18.9. The second kappa shape index (κ2) is 9.47. The van der Waals surface area contributed by atoms with Crippen LogP contribution in [0.1, 0.15) is 5.56 Å². The maximum atomic E-state index is 5.32. The Morgan fingerprint density at radius 2 is 1.62 bits per heavy atom. The molecule has 0 aliphatic carbocycles. The molecule has 0 saturated heterocycles. The van der Waals surface area contributed by atoms with Gasteiger partial charge in [-0.25, -0.2) is 0 Å². The van der Waals surface area contributed by atoms with Gasteiger partial charge in [0.05, 0.1) is 34.7 Å². The Morgan fingerprint density at radius 3 is 2.27 bits per heavy atom. The van der Waals surface area contributed by atoms with E-state index in [2.05, 4.69) is 15.8 Å². The summed E-state index contributed by atoms with van der Waals surface area (Å²) in [5.41, 5.74) is 4.29. The molecular formula is C18H21N3O4S. The summed E-state index contributed by atoms with van der Waals surface area (Å²) in [5.74, 6) is 2.60. The summed E-state index contributed by atoms with van der Waals surface area (Å²) < 4.78 is 20.9. The van der Waals surface area contributed by atoms with E-state index in [0.717, 1.165) is 11.3 Å². The van der Waals surface area contributed by atoms with Crippen LogP contribution >= 0.6 is 12.2 Å². The predicted octanol–water partition coefficient (Wildman–Crippen LogP) is 3.04. The second-order valence-electron chi connectivity index (χ2n) is 5.00. The third-order valence-corrected chi connectivity index (χ3v) is 3.65. The largest absolute Gasteiger partial charge is 0.497 e. The van der Waals surface area contributed by atoms with Gasteiger partial charge in [-0.2, -0.15) is 5.10 Å². The van der Waals surface area contributed by atoms with Gasteiger partial charge < -0.3 is 24.3 Å². The number of nitrogens with zero attached hydrogens (tertiary/aromatic N) is 1. The van der Waals surface area contributed by atoms with Crippen LogP contribution in [0.4, 0.5) is 5.69 Å². The first kappa shape index (κ1) is 19.3. The molecule has 0 unspecified atom stereocenters. The zero-order valence-corrected chi connectivity index (χ0v) is 15.8. The monoisotopic (exact) mass is 375 g/mol. The number of hydrazone groups is 1. The van der Waals surface area contributed by atoms with Crippen LogP contribution in [0.5, 0.6) is 23.0 Å². The number of thiocarbonyl (C=S) groups is 1. The van der Waals surface area contributed by atoms with E-state index in [1.165, 1.54) is 0 Å². The molecule has 0 heterocycles. The van der Waals surface area contributed by atoms with Crippen molar-refractivity contribution in [1.82, 2.24) is 5.43 Å². The summed E-state index contributed by atoms with van der Waals surface area (Å²) in [6.07, 6.45) is 1.61. The Hall–Kier alpha value is -3.00. The van der Waals surface area contributed by atoms with Gasteiger partial charge in [-0.1, -0.05) is 0 Å².